The summed E-state index contributed by atoms with van der Waals surface area (Å²) in [6, 6.07) is 6.23. The largest absolute Gasteiger partial charge is 0.399 e. The van der Waals surface area contributed by atoms with Gasteiger partial charge in [0.15, 0.2) is 0 Å². The zero-order chi connectivity index (χ0) is 15.9. The molecule has 0 bridgehead atoms. The standard InChI is InChI=1S/C17H28N5/c1-4-21(14-20(2)3)11-8-19-9-12-22-10-7-15-5-6-16(18)13-17(15)22/h4-6,13-14,19H,1,7-12,18H2,2-3H3/q+1. The van der Waals surface area contributed by atoms with E-state index in [0.717, 1.165) is 44.8 Å². The number of nitrogens with two attached hydrogens (primary N) is 1. The summed E-state index contributed by atoms with van der Waals surface area (Å²) < 4.78 is 2.02. The predicted octanol–water partition coefficient (Wildman–Crippen LogP) is 0.967. The minimum Gasteiger partial charge on any atom is -0.399 e. The summed E-state index contributed by atoms with van der Waals surface area (Å²) in [6.07, 6.45) is 5.01. The molecule has 1 aromatic carbocycles. The molecule has 5 heteroatoms. The van der Waals surface area contributed by atoms with E-state index in [1.165, 1.54) is 11.3 Å². The SMILES string of the molecule is C=CN(C=[N+](C)C)CCNCCN1CCc2ccc(N)cc21. The second-order valence-corrected chi connectivity index (χ2v) is 5.87. The van der Waals surface area contributed by atoms with Crippen LogP contribution < -0.4 is 16.0 Å². The smallest absolute Gasteiger partial charge is 0.238 e. The van der Waals surface area contributed by atoms with Crippen molar-refractivity contribution in [3.63, 3.8) is 0 Å². The summed E-state index contributed by atoms with van der Waals surface area (Å²) in [6.45, 7) is 8.77. The van der Waals surface area contributed by atoms with E-state index >= 15 is 0 Å². The van der Waals surface area contributed by atoms with Crippen molar-refractivity contribution in [2.45, 2.75) is 6.42 Å². The molecule has 0 saturated heterocycles. The average molecular weight is 302 g/mol. The van der Waals surface area contributed by atoms with Gasteiger partial charge >= 0.3 is 0 Å². The van der Waals surface area contributed by atoms with E-state index in [1.807, 2.05) is 37.3 Å². The number of hydrogen-bond donors (Lipinski definition) is 2. The van der Waals surface area contributed by atoms with Gasteiger partial charge in [-0.2, -0.15) is 0 Å². The van der Waals surface area contributed by atoms with E-state index in [2.05, 4.69) is 33.8 Å². The molecule has 1 heterocycles. The molecule has 0 radical (unpaired) electrons. The van der Waals surface area contributed by atoms with Gasteiger partial charge in [-0.05, 0) is 24.1 Å². The number of hydrogen-bond acceptors (Lipinski definition) is 3. The molecule has 0 amide bonds. The van der Waals surface area contributed by atoms with Crippen LogP contribution in [0.1, 0.15) is 5.56 Å². The van der Waals surface area contributed by atoms with Crippen LogP contribution >= 0.6 is 0 Å². The average Bonchev–Trinajstić information content (AvgIpc) is 2.87. The Kier molecular flexibility index (Phi) is 5.83. The van der Waals surface area contributed by atoms with E-state index in [1.54, 1.807) is 0 Å². The van der Waals surface area contributed by atoms with Crippen molar-refractivity contribution < 1.29 is 4.58 Å². The van der Waals surface area contributed by atoms with Crippen LogP contribution in [0.4, 0.5) is 11.4 Å². The normalized spacial score (nSPS) is 12.9. The van der Waals surface area contributed by atoms with Gasteiger partial charge in [-0.15, -0.1) is 0 Å². The van der Waals surface area contributed by atoms with Gasteiger partial charge in [-0.25, -0.2) is 4.90 Å². The van der Waals surface area contributed by atoms with E-state index in [-0.39, 0.29) is 0 Å². The maximum Gasteiger partial charge on any atom is 0.238 e. The Hall–Kier alpha value is -2.01. The van der Waals surface area contributed by atoms with Crippen molar-refractivity contribution in [2.75, 3.05) is 57.5 Å². The topological polar surface area (TPSA) is 47.5 Å². The van der Waals surface area contributed by atoms with Crippen molar-refractivity contribution >= 4 is 17.7 Å². The Morgan fingerprint density at radius 2 is 2.23 bits per heavy atom. The van der Waals surface area contributed by atoms with Crippen LogP contribution in [0.25, 0.3) is 0 Å². The Morgan fingerprint density at radius 3 is 2.95 bits per heavy atom. The third-order valence-electron chi connectivity index (χ3n) is 3.82. The first-order chi connectivity index (χ1) is 10.6. The summed E-state index contributed by atoms with van der Waals surface area (Å²) in [7, 11) is 4.03. The lowest BCUT2D eigenvalue weighted by Crippen LogP contribution is -2.35. The van der Waals surface area contributed by atoms with E-state index in [4.69, 9.17) is 5.73 Å². The highest BCUT2D eigenvalue weighted by molar-refractivity contribution is 5.64. The number of anilines is 2. The minimum absolute atomic E-state index is 0.847. The summed E-state index contributed by atoms with van der Waals surface area (Å²) in [5.41, 5.74) is 9.45. The van der Waals surface area contributed by atoms with Gasteiger partial charge in [0.1, 0.15) is 6.54 Å². The number of fused-ring (bicyclic) bond motifs is 1. The lowest BCUT2D eigenvalue weighted by atomic mass is 10.1. The van der Waals surface area contributed by atoms with Crippen LogP contribution in [0.5, 0.6) is 0 Å². The fraction of sp³-hybridized carbons (Fsp3) is 0.471. The summed E-state index contributed by atoms with van der Waals surface area (Å²) >= 11 is 0. The van der Waals surface area contributed by atoms with Crippen LogP contribution in [0.15, 0.2) is 31.0 Å². The highest BCUT2D eigenvalue weighted by Gasteiger charge is 2.18. The van der Waals surface area contributed by atoms with E-state index < -0.39 is 0 Å². The number of nitrogens with one attached hydrogen (secondary N) is 1. The quantitative estimate of drug-likeness (QED) is 0.247. The molecular formula is C17H28N5+. The lowest BCUT2D eigenvalue weighted by molar-refractivity contribution is -0.463. The monoisotopic (exact) mass is 302 g/mol. The summed E-state index contributed by atoms with van der Waals surface area (Å²) in [4.78, 5) is 4.49. The second kappa shape index (κ2) is 7.84. The first-order valence-corrected chi connectivity index (χ1v) is 7.84. The van der Waals surface area contributed by atoms with Crippen LogP contribution in [0, 0.1) is 0 Å². The lowest BCUT2D eigenvalue weighted by Gasteiger charge is -2.20. The number of nitrogen functional groups attached to an aromatic ring is 1. The molecule has 120 valence electrons. The molecule has 0 aliphatic carbocycles. The van der Waals surface area contributed by atoms with Crippen molar-refractivity contribution in [2.24, 2.45) is 0 Å². The molecule has 1 aromatic rings. The van der Waals surface area contributed by atoms with Crippen molar-refractivity contribution in [1.29, 1.82) is 0 Å². The maximum atomic E-state index is 5.89. The Bertz CT molecular complexity index is 534. The third-order valence-corrected chi connectivity index (χ3v) is 3.82. The highest BCUT2D eigenvalue weighted by Crippen LogP contribution is 2.29. The molecule has 0 unspecified atom stereocenters. The van der Waals surface area contributed by atoms with Crippen molar-refractivity contribution in [3.05, 3.63) is 36.5 Å². The molecular weight excluding hydrogens is 274 g/mol. The van der Waals surface area contributed by atoms with E-state index in [0.29, 0.717) is 0 Å². The second-order valence-electron chi connectivity index (χ2n) is 5.87. The van der Waals surface area contributed by atoms with Gasteiger partial charge in [0, 0.05) is 37.6 Å². The zero-order valence-electron chi connectivity index (χ0n) is 13.8. The predicted molar refractivity (Wildman–Crippen MR) is 94.7 cm³/mol. The third kappa shape index (κ3) is 4.49. The molecule has 2 rings (SSSR count). The Morgan fingerprint density at radius 1 is 1.41 bits per heavy atom. The molecule has 5 nitrogen and oxygen atoms in total. The molecule has 0 fully saturated rings. The zero-order valence-corrected chi connectivity index (χ0v) is 13.8. The van der Waals surface area contributed by atoms with Gasteiger partial charge in [-0.3, -0.25) is 4.58 Å². The minimum atomic E-state index is 0.847. The van der Waals surface area contributed by atoms with Gasteiger partial charge in [-0.1, -0.05) is 12.6 Å². The van der Waals surface area contributed by atoms with Crippen LogP contribution in [-0.2, 0) is 6.42 Å². The van der Waals surface area contributed by atoms with Gasteiger partial charge in [0.05, 0.1) is 20.3 Å². The molecule has 3 N–H and O–H groups in total. The van der Waals surface area contributed by atoms with Crippen LogP contribution in [-0.4, -0.2) is 62.6 Å². The fourth-order valence-electron chi connectivity index (χ4n) is 2.73. The molecule has 1 aliphatic heterocycles. The molecule has 0 saturated carbocycles. The number of nitrogens with zero attached hydrogens (tertiary/aromatic N) is 3. The maximum absolute atomic E-state index is 5.89. The summed E-state index contributed by atoms with van der Waals surface area (Å²) in [5.74, 6) is 0. The molecule has 0 aromatic heterocycles. The van der Waals surface area contributed by atoms with Crippen LogP contribution in [0.2, 0.25) is 0 Å². The first-order valence-electron chi connectivity index (χ1n) is 7.84. The summed E-state index contributed by atoms with van der Waals surface area (Å²) in [5, 5.41) is 3.49. The van der Waals surface area contributed by atoms with Gasteiger partial charge < -0.3 is 16.0 Å². The van der Waals surface area contributed by atoms with Crippen molar-refractivity contribution in [1.82, 2.24) is 10.2 Å². The molecule has 22 heavy (non-hydrogen) atoms. The van der Waals surface area contributed by atoms with Crippen LogP contribution in [0.3, 0.4) is 0 Å². The molecule has 0 spiro atoms. The Balaban J connectivity index is 1.71. The van der Waals surface area contributed by atoms with Crippen molar-refractivity contribution in [3.8, 4) is 0 Å². The number of rotatable bonds is 8. The molecule has 0 atom stereocenters. The van der Waals surface area contributed by atoms with Gasteiger partial charge in [0.25, 0.3) is 0 Å². The molecule has 1 aliphatic rings. The fourth-order valence-corrected chi connectivity index (χ4v) is 2.73. The highest BCUT2D eigenvalue weighted by atomic mass is 15.2. The Labute approximate surface area is 133 Å². The van der Waals surface area contributed by atoms with Gasteiger partial charge in [0.2, 0.25) is 6.34 Å². The first kappa shape index (κ1) is 16.4. The number of benzene rings is 1. The van der Waals surface area contributed by atoms with E-state index in [9.17, 15) is 0 Å².